The molecular weight excluding hydrogens is 352 g/mol. The summed E-state index contributed by atoms with van der Waals surface area (Å²) in [6, 6.07) is 12.3. The first-order valence-corrected chi connectivity index (χ1v) is 9.61. The van der Waals surface area contributed by atoms with Gasteiger partial charge >= 0.3 is 0 Å². The molecule has 1 aliphatic rings. The van der Waals surface area contributed by atoms with E-state index in [1.807, 2.05) is 17.0 Å². The molecule has 1 amide bonds. The van der Waals surface area contributed by atoms with E-state index in [4.69, 9.17) is 5.73 Å². The number of aryl methyl sites for hydroxylation is 1. The molecule has 146 valence electrons. The number of nitrogens with two attached hydrogens (primary N) is 1. The highest BCUT2D eigenvalue weighted by Gasteiger charge is 2.29. The van der Waals surface area contributed by atoms with Crippen molar-refractivity contribution in [3.05, 3.63) is 54.1 Å². The maximum Gasteiger partial charge on any atom is 0.242 e. The van der Waals surface area contributed by atoms with Gasteiger partial charge in [-0.2, -0.15) is 0 Å². The number of fused-ring (bicyclic) bond motifs is 1. The van der Waals surface area contributed by atoms with Crippen LogP contribution in [0.15, 0.2) is 42.6 Å². The Balaban J connectivity index is 1.39. The van der Waals surface area contributed by atoms with Crippen molar-refractivity contribution in [2.45, 2.75) is 32.5 Å². The number of hydrogen-bond acceptors (Lipinski definition) is 5. The van der Waals surface area contributed by atoms with Crippen LogP contribution in [0.25, 0.3) is 10.9 Å². The highest BCUT2D eigenvalue weighted by molar-refractivity contribution is 5.84. The van der Waals surface area contributed by atoms with Gasteiger partial charge in [-0.3, -0.25) is 9.69 Å². The molecule has 0 radical (unpaired) electrons. The van der Waals surface area contributed by atoms with Crippen molar-refractivity contribution < 1.29 is 4.79 Å². The zero-order valence-electron chi connectivity index (χ0n) is 16.4. The molecule has 3 aromatic rings. The topological polar surface area (TPSA) is 80.3 Å². The van der Waals surface area contributed by atoms with Crippen LogP contribution < -0.4 is 5.73 Å². The number of amides is 1. The summed E-state index contributed by atoms with van der Waals surface area (Å²) in [6.07, 6.45) is 2.63. The molecule has 0 bridgehead atoms. The third-order valence-electron chi connectivity index (χ3n) is 5.57. The van der Waals surface area contributed by atoms with E-state index in [0.717, 1.165) is 30.7 Å². The van der Waals surface area contributed by atoms with E-state index in [1.54, 1.807) is 12.3 Å². The number of nitrogen functional groups attached to an aromatic ring is 1. The highest BCUT2D eigenvalue weighted by Crippen LogP contribution is 2.21. The molecule has 2 N–H and O–H groups in total. The predicted molar refractivity (Wildman–Crippen MR) is 110 cm³/mol. The number of para-hydroxylation sites is 1. The maximum absolute atomic E-state index is 12.9. The molecule has 0 aliphatic carbocycles. The smallest absolute Gasteiger partial charge is 0.242 e. The van der Waals surface area contributed by atoms with Crippen LogP contribution in [0, 0.1) is 6.92 Å². The first-order chi connectivity index (χ1) is 13.5. The van der Waals surface area contributed by atoms with Gasteiger partial charge in [0.05, 0.1) is 6.54 Å². The first kappa shape index (κ1) is 18.4. The molecule has 1 aromatic carbocycles. The number of carbonyl (C=O) groups excluding carboxylic acids is 1. The van der Waals surface area contributed by atoms with Crippen LogP contribution in [0.1, 0.15) is 17.9 Å². The van der Waals surface area contributed by atoms with Crippen LogP contribution in [-0.4, -0.2) is 56.4 Å². The van der Waals surface area contributed by atoms with Crippen LogP contribution in [0.5, 0.6) is 0 Å². The number of rotatable bonds is 5. The Morgan fingerprint density at radius 1 is 1.32 bits per heavy atom. The van der Waals surface area contributed by atoms with Crippen molar-refractivity contribution in [2.24, 2.45) is 0 Å². The molecular formula is C21H26N6O. The zero-order chi connectivity index (χ0) is 19.7. The third-order valence-corrected chi connectivity index (χ3v) is 5.57. The summed E-state index contributed by atoms with van der Waals surface area (Å²) in [4.78, 5) is 25.6. The highest BCUT2D eigenvalue weighted by atomic mass is 16.2. The average molecular weight is 378 g/mol. The number of hydrogen-bond donors (Lipinski definition) is 1. The van der Waals surface area contributed by atoms with Gasteiger partial charge in [-0.1, -0.05) is 18.2 Å². The largest absolute Gasteiger partial charge is 0.384 e. The van der Waals surface area contributed by atoms with Crippen LogP contribution in [0.4, 0.5) is 5.82 Å². The number of aromatic nitrogens is 3. The Kier molecular flexibility index (Phi) is 5.00. The molecule has 2 aromatic heterocycles. The second kappa shape index (κ2) is 7.59. The Morgan fingerprint density at radius 2 is 2.14 bits per heavy atom. The number of anilines is 1. The summed E-state index contributed by atoms with van der Waals surface area (Å²) in [5, 5.41) is 1.17. The van der Waals surface area contributed by atoms with E-state index < -0.39 is 0 Å². The Hall–Kier alpha value is -2.93. The Bertz CT molecular complexity index is 997. The molecule has 7 nitrogen and oxygen atoms in total. The molecule has 4 rings (SSSR count). The number of likely N-dealkylation sites (N-methyl/N-ethyl adjacent to an activating group) is 1. The molecule has 28 heavy (non-hydrogen) atoms. The summed E-state index contributed by atoms with van der Waals surface area (Å²) in [5.41, 5.74) is 7.96. The van der Waals surface area contributed by atoms with Gasteiger partial charge in [0.2, 0.25) is 5.91 Å². The van der Waals surface area contributed by atoms with E-state index in [0.29, 0.717) is 30.8 Å². The molecule has 3 heterocycles. The van der Waals surface area contributed by atoms with Crippen LogP contribution in [0.2, 0.25) is 0 Å². The number of likely N-dealkylation sites (tertiary alicyclic amines) is 1. The molecule has 1 fully saturated rings. The minimum Gasteiger partial charge on any atom is -0.384 e. The summed E-state index contributed by atoms with van der Waals surface area (Å²) >= 11 is 0. The monoisotopic (exact) mass is 378 g/mol. The van der Waals surface area contributed by atoms with Crippen molar-refractivity contribution >= 4 is 22.6 Å². The van der Waals surface area contributed by atoms with Crippen LogP contribution in [0.3, 0.4) is 0 Å². The fourth-order valence-corrected chi connectivity index (χ4v) is 3.96. The number of nitrogens with zero attached hydrogens (tertiary/aromatic N) is 5. The lowest BCUT2D eigenvalue weighted by molar-refractivity contribution is -0.130. The van der Waals surface area contributed by atoms with Gasteiger partial charge in [0, 0.05) is 36.5 Å². The van der Waals surface area contributed by atoms with E-state index in [1.165, 1.54) is 5.39 Å². The van der Waals surface area contributed by atoms with Gasteiger partial charge in [0.15, 0.2) is 0 Å². The van der Waals surface area contributed by atoms with E-state index >= 15 is 0 Å². The number of carbonyl (C=O) groups is 1. The normalized spacial score (nSPS) is 17.0. The summed E-state index contributed by atoms with van der Waals surface area (Å²) in [6.45, 7) is 4.58. The van der Waals surface area contributed by atoms with Gasteiger partial charge in [-0.05, 0) is 44.0 Å². The Labute approximate surface area is 164 Å². The SMILES string of the molecule is Cc1cc2ccccc2n1CC(=O)N1CCC(N(C)Cc2nccc(N)n2)C1. The lowest BCUT2D eigenvalue weighted by Crippen LogP contribution is -2.37. The fourth-order valence-electron chi connectivity index (χ4n) is 3.96. The van der Waals surface area contributed by atoms with Gasteiger partial charge in [-0.25, -0.2) is 9.97 Å². The van der Waals surface area contributed by atoms with Gasteiger partial charge in [0.1, 0.15) is 18.2 Å². The summed E-state index contributed by atoms with van der Waals surface area (Å²) in [7, 11) is 2.05. The van der Waals surface area contributed by atoms with Crippen molar-refractivity contribution in [2.75, 3.05) is 25.9 Å². The van der Waals surface area contributed by atoms with Gasteiger partial charge in [0.25, 0.3) is 0 Å². The molecule has 0 spiro atoms. The van der Waals surface area contributed by atoms with Gasteiger partial charge in [-0.15, -0.1) is 0 Å². The minimum absolute atomic E-state index is 0.167. The molecule has 1 atom stereocenters. The molecule has 0 saturated carbocycles. The third kappa shape index (κ3) is 3.71. The van der Waals surface area contributed by atoms with Crippen molar-refractivity contribution in [3.63, 3.8) is 0 Å². The van der Waals surface area contributed by atoms with Crippen LogP contribution >= 0.6 is 0 Å². The maximum atomic E-state index is 12.9. The van der Waals surface area contributed by atoms with Gasteiger partial charge < -0.3 is 15.2 Å². The second-order valence-corrected chi connectivity index (χ2v) is 7.53. The van der Waals surface area contributed by atoms with Crippen LogP contribution in [-0.2, 0) is 17.9 Å². The van der Waals surface area contributed by atoms with E-state index in [-0.39, 0.29) is 5.91 Å². The number of benzene rings is 1. The average Bonchev–Trinajstić information content (AvgIpc) is 3.27. The summed E-state index contributed by atoms with van der Waals surface area (Å²) < 4.78 is 2.11. The lowest BCUT2D eigenvalue weighted by Gasteiger charge is -2.24. The molecule has 1 saturated heterocycles. The fraction of sp³-hybridized carbons (Fsp3) is 0.381. The first-order valence-electron chi connectivity index (χ1n) is 9.61. The van der Waals surface area contributed by atoms with E-state index in [2.05, 4.69) is 51.6 Å². The quantitative estimate of drug-likeness (QED) is 0.735. The Morgan fingerprint density at radius 3 is 2.96 bits per heavy atom. The standard InChI is InChI=1S/C21H26N6O/c1-15-11-16-5-3-4-6-18(16)27(15)14-21(28)26-10-8-17(12-26)25(2)13-20-23-9-7-19(22)24-20/h3-7,9,11,17H,8,10,12-14H2,1-2H3,(H2,22,23,24). The van der Waals surface area contributed by atoms with Crippen molar-refractivity contribution in [1.29, 1.82) is 0 Å². The lowest BCUT2D eigenvalue weighted by atomic mass is 10.2. The predicted octanol–water partition coefficient (Wildman–Crippen LogP) is 2.05. The minimum atomic E-state index is 0.167. The summed E-state index contributed by atoms with van der Waals surface area (Å²) in [5.74, 6) is 1.36. The zero-order valence-corrected chi connectivity index (χ0v) is 16.4. The molecule has 1 unspecified atom stereocenters. The second-order valence-electron chi connectivity index (χ2n) is 7.53. The van der Waals surface area contributed by atoms with Crippen molar-refractivity contribution in [3.8, 4) is 0 Å². The molecule has 7 heteroatoms. The van der Waals surface area contributed by atoms with Crippen molar-refractivity contribution in [1.82, 2.24) is 24.3 Å². The van der Waals surface area contributed by atoms with E-state index in [9.17, 15) is 4.79 Å². The molecule has 1 aliphatic heterocycles.